The summed E-state index contributed by atoms with van der Waals surface area (Å²) in [4.78, 5) is 28.7. The summed E-state index contributed by atoms with van der Waals surface area (Å²) in [5.74, 6) is -0.826. The predicted octanol–water partition coefficient (Wildman–Crippen LogP) is 4.51. The van der Waals surface area contributed by atoms with Gasteiger partial charge in [0, 0.05) is 18.2 Å². The quantitative estimate of drug-likeness (QED) is 0.369. The minimum atomic E-state index is -4.36. The zero-order chi connectivity index (χ0) is 30.5. The topological polar surface area (TPSA) is 105 Å². The maximum Gasteiger partial charge on any atom is 0.264 e. The summed E-state index contributed by atoms with van der Waals surface area (Å²) in [6.07, 6.45) is 0.298. The summed E-state index contributed by atoms with van der Waals surface area (Å²) in [5.41, 5.74) is 0.315. The van der Waals surface area contributed by atoms with Crippen LogP contribution in [0, 0.1) is 5.82 Å². The van der Waals surface area contributed by atoms with Gasteiger partial charge in [0.1, 0.15) is 31.6 Å². The molecule has 42 heavy (non-hydrogen) atoms. The van der Waals surface area contributed by atoms with E-state index in [0.29, 0.717) is 18.8 Å². The van der Waals surface area contributed by atoms with Crippen LogP contribution in [-0.4, -0.2) is 56.5 Å². The summed E-state index contributed by atoms with van der Waals surface area (Å²) < 4.78 is 54.0. The van der Waals surface area contributed by atoms with Crippen LogP contribution in [-0.2, 0) is 26.2 Å². The van der Waals surface area contributed by atoms with Gasteiger partial charge >= 0.3 is 0 Å². The molecule has 4 rings (SSSR count). The van der Waals surface area contributed by atoms with Gasteiger partial charge in [0.15, 0.2) is 11.5 Å². The summed E-state index contributed by atoms with van der Waals surface area (Å²) in [5, 5.41) is 2.94. The zero-order valence-corrected chi connectivity index (χ0v) is 25.0. The minimum Gasteiger partial charge on any atom is -0.486 e. The Labute approximate surface area is 246 Å². The third kappa shape index (κ3) is 7.39. The maximum atomic E-state index is 14.1. The zero-order valence-electron chi connectivity index (χ0n) is 24.2. The number of carbonyl (C=O) groups is 2. The van der Waals surface area contributed by atoms with E-state index in [1.54, 1.807) is 6.92 Å². The third-order valence-electron chi connectivity index (χ3n) is 6.57. The average Bonchev–Trinajstić information content (AvgIpc) is 2.95. The molecule has 3 aromatic carbocycles. The van der Waals surface area contributed by atoms with E-state index in [2.05, 4.69) is 5.32 Å². The molecule has 1 heterocycles. The summed E-state index contributed by atoms with van der Waals surface area (Å²) in [7, 11) is -4.36. The number of nitrogens with one attached hydrogen (secondary N) is 1. The van der Waals surface area contributed by atoms with Gasteiger partial charge in [-0.2, -0.15) is 0 Å². The Morgan fingerprint density at radius 2 is 1.60 bits per heavy atom. The molecule has 1 N–H and O–H groups in total. The van der Waals surface area contributed by atoms with Crippen molar-refractivity contribution in [2.24, 2.45) is 0 Å². The number of hydrogen-bond acceptors (Lipinski definition) is 6. The van der Waals surface area contributed by atoms with Crippen LogP contribution < -0.4 is 19.1 Å². The monoisotopic (exact) mass is 597 g/mol. The first-order chi connectivity index (χ1) is 19.9. The molecule has 0 spiro atoms. The maximum absolute atomic E-state index is 14.1. The Hall–Kier alpha value is -4.12. The second-order valence-corrected chi connectivity index (χ2v) is 12.8. The molecule has 224 valence electrons. The number of amides is 2. The number of fused-ring (bicyclic) bond motifs is 1. The molecule has 0 saturated carbocycles. The highest BCUT2D eigenvalue weighted by Crippen LogP contribution is 2.34. The summed E-state index contributed by atoms with van der Waals surface area (Å²) in [6, 6.07) is 17.3. The fourth-order valence-electron chi connectivity index (χ4n) is 4.60. The number of ether oxygens (including phenoxy) is 2. The van der Waals surface area contributed by atoms with E-state index in [-0.39, 0.29) is 35.4 Å². The summed E-state index contributed by atoms with van der Waals surface area (Å²) in [6.45, 7) is 7.38. The van der Waals surface area contributed by atoms with Crippen LogP contribution in [0.1, 0.15) is 39.7 Å². The average molecular weight is 598 g/mol. The van der Waals surface area contributed by atoms with Crippen molar-refractivity contribution in [1.29, 1.82) is 0 Å². The molecule has 0 saturated heterocycles. The van der Waals surface area contributed by atoms with E-state index in [9.17, 15) is 22.4 Å². The number of sulfonamides is 1. The van der Waals surface area contributed by atoms with Crippen LogP contribution in [0.4, 0.5) is 10.1 Å². The van der Waals surface area contributed by atoms with Crippen molar-refractivity contribution >= 4 is 27.5 Å². The van der Waals surface area contributed by atoms with Crippen molar-refractivity contribution in [1.82, 2.24) is 10.2 Å². The van der Waals surface area contributed by atoms with Gasteiger partial charge in [0.25, 0.3) is 10.0 Å². The first-order valence-electron chi connectivity index (χ1n) is 13.7. The van der Waals surface area contributed by atoms with Crippen LogP contribution >= 0.6 is 0 Å². The number of benzene rings is 3. The van der Waals surface area contributed by atoms with E-state index < -0.39 is 39.9 Å². The largest absolute Gasteiger partial charge is 0.486 e. The molecule has 3 aromatic rings. The Morgan fingerprint density at radius 1 is 0.952 bits per heavy atom. The van der Waals surface area contributed by atoms with Crippen molar-refractivity contribution in [2.45, 2.75) is 57.1 Å². The second kappa shape index (κ2) is 12.8. The van der Waals surface area contributed by atoms with Crippen LogP contribution in [0.3, 0.4) is 0 Å². The van der Waals surface area contributed by atoms with E-state index in [0.717, 1.165) is 22.0 Å². The van der Waals surface area contributed by atoms with E-state index >= 15 is 0 Å². The number of rotatable bonds is 10. The molecule has 11 heteroatoms. The molecule has 0 aromatic heterocycles. The SMILES string of the molecule is CCC(C(=O)NC(C)(C)C)N(Cc1ccccc1)C(=O)CN(c1ccc(F)cc1)S(=O)(=O)c1ccc2c(c1)OCCO2. The van der Waals surface area contributed by atoms with E-state index in [1.165, 1.54) is 35.2 Å². The second-order valence-electron chi connectivity index (χ2n) is 11.0. The molecule has 1 atom stereocenters. The normalized spacial score (nSPS) is 13.6. The molecule has 9 nitrogen and oxygen atoms in total. The van der Waals surface area contributed by atoms with Crippen molar-refractivity contribution in [3.63, 3.8) is 0 Å². The smallest absolute Gasteiger partial charge is 0.264 e. The number of nitrogens with zero attached hydrogens (tertiary/aromatic N) is 2. The molecule has 0 bridgehead atoms. The molecule has 1 aliphatic rings. The van der Waals surface area contributed by atoms with Gasteiger partial charge in [-0.05, 0) is 69.2 Å². The Balaban J connectivity index is 1.74. The number of halogens is 1. The number of anilines is 1. The van der Waals surface area contributed by atoms with Crippen LogP contribution in [0.2, 0.25) is 0 Å². The fourth-order valence-corrected chi connectivity index (χ4v) is 6.03. The molecule has 1 unspecified atom stereocenters. The predicted molar refractivity (Wildman–Crippen MR) is 157 cm³/mol. The molecule has 0 radical (unpaired) electrons. The minimum absolute atomic E-state index is 0.0804. The Bertz CT molecular complexity index is 1510. The third-order valence-corrected chi connectivity index (χ3v) is 8.34. The van der Waals surface area contributed by atoms with Crippen molar-refractivity contribution in [3.05, 3.63) is 84.2 Å². The molecule has 0 fully saturated rings. The van der Waals surface area contributed by atoms with E-state index in [1.807, 2.05) is 51.1 Å². The van der Waals surface area contributed by atoms with Crippen molar-refractivity contribution < 1.29 is 31.9 Å². The Kier molecular flexibility index (Phi) is 9.40. The lowest BCUT2D eigenvalue weighted by molar-refractivity contribution is -0.141. The van der Waals surface area contributed by atoms with Gasteiger partial charge < -0.3 is 19.7 Å². The lowest BCUT2D eigenvalue weighted by Gasteiger charge is -2.34. The molecular weight excluding hydrogens is 561 g/mol. The highest BCUT2D eigenvalue weighted by atomic mass is 32.2. The van der Waals surface area contributed by atoms with Gasteiger partial charge in [-0.1, -0.05) is 37.3 Å². The highest BCUT2D eigenvalue weighted by molar-refractivity contribution is 7.92. The molecule has 2 amide bonds. The van der Waals surface area contributed by atoms with Gasteiger partial charge in [-0.3, -0.25) is 13.9 Å². The fraction of sp³-hybridized carbons (Fsp3) is 0.355. The van der Waals surface area contributed by atoms with Gasteiger partial charge in [0.05, 0.1) is 10.6 Å². The molecular formula is C31H36FN3O6S. The van der Waals surface area contributed by atoms with Gasteiger partial charge in [0.2, 0.25) is 11.8 Å². The van der Waals surface area contributed by atoms with Crippen molar-refractivity contribution in [3.8, 4) is 11.5 Å². The Morgan fingerprint density at radius 3 is 2.21 bits per heavy atom. The lowest BCUT2D eigenvalue weighted by Crippen LogP contribution is -2.55. The number of carbonyl (C=O) groups excluding carboxylic acids is 2. The van der Waals surface area contributed by atoms with Crippen LogP contribution in [0.5, 0.6) is 11.5 Å². The van der Waals surface area contributed by atoms with Crippen molar-refractivity contribution in [2.75, 3.05) is 24.1 Å². The molecule has 1 aliphatic heterocycles. The first-order valence-corrected chi connectivity index (χ1v) is 15.2. The number of hydrogen-bond donors (Lipinski definition) is 1. The first kappa shape index (κ1) is 30.8. The van der Waals surface area contributed by atoms with Gasteiger partial charge in [-0.25, -0.2) is 12.8 Å². The summed E-state index contributed by atoms with van der Waals surface area (Å²) >= 11 is 0. The van der Waals surface area contributed by atoms with Crippen LogP contribution in [0.25, 0.3) is 0 Å². The standard InChI is InChI=1S/C31H36FN3O6S/c1-5-26(30(37)33-31(2,3)4)34(20-22-9-7-6-8-10-22)29(36)21-35(24-13-11-23(32)12-14-24)42(38,39)25-15-16-27-28(19-25)41-18-17-40-27/h6-16,19,26H,5,17-18,20-21H2,1-4H3,(H,33,37). The lowest BCUT2D eigenvalue weighted by atomic mass is 10.1. The highest BCUT2D eigenvalue weighted by Gasteiger charge is 2.35. The molecule has 0 aliphatic carbocycles. The van der Waals surface area contributed by atoms with E-state index in [4.69, 9.17) is 9.47 Å². The van der Waals surface area contributed by atoms with Gasteiger partial charge in [-0.15, -0.1) is 0 Å². The van der Waals surface area contributed by atoms with Crippen LogP contribution in [0.15, 0.2) is 77.7 Å².